The first-order chi connectivity index (χ1) is 4.83. The van der Waals surface area contributed by atoms with E-state index in [1.54, 1.807) is 0 Å². The molecule has 66 valence electrons. The molecule has 1 atom stereocenters. The quantitative estimate of drug-likeness (QED) is 0.542. The molecule has 0 heterocycles. The molecule has 0 saturated heterocycles. The Balaban J connectivity index is 3.72. The molecule has 0 saturated carbocycles. The van der Waals surface area contributed by atoms with Crippen molar-refractivity contribution in [3.05, 3.63) is 0 Å². The average Bonchev–Trinajstić information content (AvgIpc) is 1.80. The third-order valence-electron chi connectivity index (χ3n) is 1.27. The summed E-state index contributed by atoms with van der Waals surface area (Å²) in [6, 6.07) is 0. The molecule has 0 radical (unpaired) electrons. The van der Waals surface area contributed by atoms with E-state index in [0.29, 0.717) is 0 Å². The molecule has 0 amide bonds. The minimum atomic E-state index is -4.02. The van der Waals surface area contributed by atoms with Gasteiger partial charge in [0.1, 0.15) is 0 Å². The van der Waals surface area contributed by atoms with E-state index < -0.39 is 19.5 Å². The molecular weight excluding hydrogens is 171 g/mol. The van der Waals surface area contributed by atoms with Gasteiger partial charge in [0.05, 0.1) is 12.1 Å². The van der Waals surface area contributed by atoms with Crippen LogP contribution in [0.3, 0.4) is 0 Å². The number of carbonyl (C=O) groups is 1. The minimum absolute atomic E-state index is 0.0135. The maximum Gasteiger partial charge on any atom is 0.325 e. The SMILES string of the molecule is C[C@H](CCP(=O)(O)O)C(=O)O. The van der Waals surface area contributed by atoms with Crippen LogP contribution in [0.2, 0.25) is 0 Å². The van der Waals surface area contributed by atoms with Gasteiger partial charge in [0.25, 0.3) is 0 Å². The van der Waals surface area contributed by atoms with Gasteiger partial charge in [-0.1, -0.05) is 6.92 Å². The monoisotopic (exact) mass is 182 g/mol. The number of aliphatic carboxylic acids is 1. The van der Waals surface area contributed by atoms with Crippen LogP contribution in [0.15, 0.2) is 0 Å². The average molecular weight is 182 g/mol. The predicted octanol–water partition coefficient (Wildman–Crippen LogP) is 0.275. The number of carboxylic acids is 1. The van der Waals surface area contributed by atoms with Crippen molar-refractivity contribution in [2.75, 3.05) is 6.16 Å². The van der Waals surface area contributed by atoms with Gasteiger partial charge in [-0.3, -0.25) is 9.36 Å². The zero-order valence-electron chi connectivity index (χ0n) is 6.10. The Labute approximate surface area is 64.2 Å². The predicted molar refractivity (Wildman–Crippen MR) is 38.3 cm³/mol. The molecule has 0 aromatic rings. The van der Waals surface area contributed by atoms with Crippen LogP contribution in [-0.4, -0.2) is 27.0 Å². The second-order valence-corrected chi connectivity index (χ2v) is 4.19. The summed E-state index contributed by atoms with van der Waals surface area (Å²) in [7, 11) is -4.02. The Morgan fingerprint density at radius 3 is 2.27 bits per heavy atom. The summed E-state index contributed by atoms with van der Waals surface area (Å²) in [5.74, 6) is -1.72. The van der Waals surface area contributed by atoms with Gasteiger partial charge in [-0.15, -0.1) is 0 Å². The summed E-state index contributed by atoms with van der Waals surface area (Å²) in [6.07, 6.45) is -0.347. The molecule has 0 rings (SSSR count). The van der Waals surface area contributed by atoms with E-state index in [9.17, 15) is 9.36 Å². The summed E-state index contributed by atoms with van der Waals surface area (Å²) in [5.41, 5.74) is 0. The third-order valence-corrected chi connectivity index (χ3v) is 2.12. The van der Waals surface area contributed by atoms with Gasteiger partial charge in [-0.2, -0.15) is 0 Å². The lowest BCUT2D eigenvalue weighted by molar-refractivity contribution is -0.141. The molecule has 0 aliphatic rings. The van der Waals surface area contributed by atoms with Crippen molar-refractivity contribution in [3.8, 4) is 0 Å². The van der Waals surface area contributed by atoms with E-state index in [2.05, 4.69) is 0 Å². The lowest BCUT2D eigenvalue weighted by atomic mass is 10.1. The summed E-state index contributed by atoms with van der Waals surface area (Å²) in [4.78, 5) is 26.9. The Hall–Kier alpha value is -0.380. The Bertz CT molecular complexity index is 183. The van der Waals surface area contributed by atoms with E-state index in [-0.39, 0.29) is 12.6 Å². The van der Waals surface area contributed by atoms with Crippen molar-refractivity contribution < 1.29 is 24.3 Å². The van der Waals surface area contributed by atoms with Crippen molar-refractivity contribution in [1.29, 1.82) is 0 Å². The van der Waals surface area contributed by atoms with Crippen molar-refractivity contribution >= 4 is 13.6 Å². The molecular formula is C5H11O5P. The van der Waals surface area contributed by atoms with Gasteiger partial charge >= 0.3 is 13.6 Å². The van der Waals surface area contributed by atoms with Crippen molar-refractivity contribution in [3.63, 3.8) is 0 Å². The summed E-state index contributed by atoms with van der Waals surface area (Å²) in [5, 5.41) is 8.33. The third kappa shape index (κ3) is 6.04. The molecule has 0 aromatic carbocycles. The Morgan fingerprint density at radius 2 is 2.00 bits per heavy atom. The van der Waals surface area contributed by atoms with Crippen molar-refractivity contribution in [1.82, 2.24) is 0 Å². The molecule has 0 fully saturated rings. The van der Waals surface area contributed by atoms with Crippen LogP contribution in [-0.2, 0) is 9.36 Å². The van der Waals surface area contributed by atoms with Gasteiger partial charge in [0, 0.05) is 0 Å². The number of hydrogen-bond acceptors (Lipinski definition) is 2. The van der Waals surface area contributed by atoms with Gasteiger partial charge in [-0.05, 0) is 6.42 Å². The van der Waals surface area contributed by atoms with Crippen LogP contribution in [0, 0.1) is 5.92 Å². The Kier molecular flexibility index (Phi) is 3.72. The topological polar surface area (TPSA) is 94.8 Å². The van der Waals surface area contributed by atoms with Gasteiger partial charge < -0.3 is 14.9 Å². The minimum Gasteiger partial charge on any atom is -0.481 e. The van der Waals surface area contributed by atoms with E-state index in [1.165, 1.54) is 6.92 Å². The van der Waals surface area contributed by atoms with Crippen LogP contribution >= 0.6 is 7.60 Å². The summed E-state index contributed by atoms with van der Waals surface area (Å²) >= 11 is 0. The van der Waals surface area contributed by atoms with E-state index in [1.807, 2.05) is 0 Å². The molecule has 6 heteroatoms. The second kappa shape index (κ2) is 3.85. The highest BCUT2D eigenvalue weighted by Crippen LogP contribution is 2.35. The largest absolute Gasteiger partial charge is 0.481 e. The van der Waals surface area contributed by atoms with E-state index >= 15 is 0 Å². The first-order valence-corrected chi connectivity index (χ1v) is 4.90. The lowest BCUT2D eigenvalue weighted by Crippen LogP contribution is -2.10. The molecule has 0 aliphatic carbocycles. The smallest absolute Gasteiger partial charge is 0.325 e. The van der Waals surface area contributed by atoms with Crippen LogP contribution in [0.4, 0.5) is 0 Å². The number of rotatable bonds is 4. The molecule has 11 heavy (non-hydrogen) atoms. The Morgan fingerprint density at radius 1 is 1.55 bits per heavy atom. The van der Waals surface area contributed by atoms with Crippen LogP contribution in [0.5, 0.6) is 0 Å². The van der Waals surface area contributed by atoms with Gasteiger partial charge in [0.15, 0.2) is 0 Å². The molecule has 0 aliphatic heterocycles. The van der Waals surface area contributed by atoms with Crippen molar-refractivity contribution in [2.45, 2.75) is 13.3 Å². The van der Waals surface area contributed by atoms with Gasteiger partial charge in [-0.25, -0.2) is 0 Å². The summed E-state index contributed by atoms with van der Waals surface area (Å²) in [6.45, 7) is 1.41. The second-order valence-electron chi connectivity index (χ2n) is 2.42. The summed E-state index contributed by atoms with van der Waals surface area (Å²) < 4.78 is 10.3. The molecule has 0 spiro atoms. The fourth-order valence-corrected chi connectivity index (χ4v) is 1.21. The zero-order chi connectivity index (χ0) is 9.07. The first kappa shape index (κ1) is 10.6. The fraction of sp³-hybridized carbons (Fsp3) is 0.800. The van der Waals surface area contributed by atoms with E-state index in [4.69, 9.17) is 14.9 Å². The number of carboxylic acid groups (broad SMARTS) is 1. The first-order valence-electron chi connectivity index (χ1n) is 3.10. The zero-order valence-corrected chi connectivity index (χ0v) is 6.99. The molecule has 3 N–H and O–H groups in total. The molecule has 0 unspecified atom stereocenters. The molecule has 0 bridgehead atoms. The van der Waals surface area contributed by atoms with Crippen LogP contribution in [0.25, 0.3) is 0 Å². The molecule has 0 aromatic heterocycles. The maximum absolute atomic E-state index is 10.3. The van der Waals surface area contributed by atoms with Gasteiger partial charge in [0.2, 0.25) is 0 Å². The standard InChI is InChI=1S/C5H11O5P/c1-4(5(6)7)2-3-11(8,9)10/h4H,2-3H2,1H3,(H,6,7)(H2,8,9,10)/t4-/m1/s1. The van der Waals surface area contributed by atoms with Crippen molar-refractivity contribution in [2.24, 2.45) is 5.92 Å². The highest BCUT2D eigenvalue weighted by Gasteiger charge is 2.18. The fourth-order valence-electron chi connectivity index (χ4n) is 0.485. The normalized spacial score (nSPS) is 14.5. The van der Waals surface area contributed by atoms with Crippen LogP contribution in [0.1, 0.15) is 13.3 Å². The molecule has 5 nitrogen and oxygen atoms in total. The van der Waals surface area contributed by atoms with Crippen LogP contribution < -0.4 is 0 Å². The van der Waals surface area contributed by atoms with E-state index in [0.717, 1.165) is 0 Å². The lowest BCUT2D eigenvalue weighted by Gasteiger charge is -2.06. The highest BCUT2D eigenvalue weighted by atomic mass is 31.2. The maximum atomic E-state index is 10.3. The number of hydrogen-bond donors (Lipinski definition) is 3. The highest BCUT2D eigenvalue weighted by molar-refractivity contribution is 7.51.